The maximum Gasteiger partial charge on any atom is 0.159 e. The summed E-state index contributed by atoms with van der Waals surface area (Å²) in [7, 11) is 0. The van der Waals surface area contributed by atoms with Crippen LogP contribution in [0.5, 0.6) is 11.5 Å². The van der Waals surface area contributed by atoms with E-state index in [2.05, 4.69) is 0 Å². The Morgan fingerprint density at radius 1 is 1.12 bits per heavy atom. The van der Waals surface area contributed by atoms with Crippen molar-refractivity contribution < 1.29 is 10.2 Å². The Hall–Kier alpha value is -0.940. The fourth-order valence-electron chi connectivity index (χ4n) is 2.69. The van der Waals surface area contributed by atoms with Crippen molar-refractivity contribution in [3.05, 3.63) is 17.7 Å². The molecule has 0 radical (unpaired) electrons. The van der Waals surface area contributed by atoms with Crippen LogP contribution in [0.15, 0.2) is 12.1 Å². The minimum Gasteiger partial charge on any atom is -0.504 e. The summed E-state index contributed by atoms with van der Waals surface area (Å²) in [5.41, 5.74) is 13.0. The molecule has 6 N–H and O–H groups in total. The molecule has 0 amide bonds. The lowest BCUT2D eigenvalue weighted by Gasteiger charge is -2.29. The molecule has 1 aromatic rings. The third kappa shape index (κ3) is 2.35. The van der Waals surface area contributed by atoms with E-state index in [1.54, 1.807) is 6.07 Å². The number of nitrogen functional groups attached to an aromatic ring is 1. The van der Waals surface area contributed by atoms with Crippen LogP contribution in [0.4, 0.5) is 5.69 Å². The van der Waals surface area contributed by atoms with Gasteiger partial charge >= 0.3 is 0 Å². The number of nitrogens with two attached hydrogens (primary N) is 2. The highest BCUT2D eigenvalue weighted by atomic mass is 79.9. The van der Waals surface area contributed by atoms with Crippen molar-refractivity contribution in [2.45, 2.75) is 31.1 Å². The second-order valence-electron chi connectivity index (χ2n) is 4.62. The number of benzene rings is 1. The van der Waals surface area contributed by atoms with Crippen LogP contribution in [-0.4, -0.2) is 16.8 Å². The van der Waals surface area contributed by atoms with E-state index in [0.29, 0.717) is 12.2 Å². The first-order valence-electron chi connectivity index (χ1n) is 5.61. The van der Waals surface area contributed by atoms with Crippen LogP contribution in [0.1, 0.15) is 31.2 Å². The van der Waals surface area contributed by atoms with Crippen molar-refractivity contribution in [1.29, 1.82) is 0 Å². The van der Waals surface area contributed by atoms with E-state index in [9.17, 15) is 10.2 Å². The SMILES string of the molecule is Br.NCC1(c2cc(O)c(O)cc2N)CCCC1. The molecule has 0 unspecified atom stereocenters. The van der Waals surface area contributed by atoms with E-state index in [1.807, 2.05) is 0 Å². The lowest BCUT2D eigenvalue weighted by atomic mass is 9.78. The molecule has 0 aromatic heterocycles. The van der Waals surface area contributed by atoms with Crippen LogP contribution in [0.2, 0.25) is 0 Å². The standard InChI is InChI=1S/C12H18N2O2.BrH/c13-7-12(3-1-2-4-12)8-5-10(15)11(16)6-9(8)14;/h5-6,15-16H,1-4,7,13-14H2;1H. The molecule has 0 spiro atoms. The quantitative estimate of drug-likeness (QED) is 0.382. The molecule has 0 aliphatic heterocycles. The van der Waals surface area contributed by atoms with Crippen LogP contribution < -0.4 is 11.5 Å². The molecule has 1 aliphatic rings. The first-order chi connectivity index (χ1) is 7.59. The van der Waals surface area contributed by atoms with Crippen molar-refractivity contribution in [2.75, 3.05) is 12.3 Å². The molecular formula is C12H19BrN2O2. The molecule has 4 nitrogen and oxygen atoms in total. The Balaban J connectivity index is 0.00000144. The number of hydrogen-bond donors (Lipinski definition) is 4. The molecule has 0 saturated heterocycles. The number of phenolic OH excluding ortho intramolecular Hbond substituents is 2. The predicted octanol–water partition coefficient (Wildman–Crippen LogP) is 2.03. The molecule has 1 saturated carbocycles. The van der Waals surface area contributed by atoms with E-state index in [0.717, 1.165) is 31.2 Å². The Morgan fingerprint density at radius 2 is 1.65 bits per heavy atom. The second-order valence-corrected chi connectivity index (χ2v) is 4.62. The van der Waals surface area contributed by atoms with Gasteiger partial charge in [-0.25, -0.2) is 0 Å². The summed E-state index contributed by atoms with van der Waals surface area (Å²) in [4.78, 5) is 0. The fraction of sp³-hybridized carbons (Fsp3) is 0.500. The lowest BCUT2D eigenvalue weighted by Crippen LogP contribution is -2.32. The molecular weight excluding hydrogens is 284 g/mol. The van der Waals surface area contributed by atoms with Crippen LogP contribution >= 0.6 is 17.0 Å². The first-order valence-corrected chi connectivity index (χ1v) is 5.61. The number of hydrogen-bond acceptors (Lipinski definition) is 4. The van der Waals surface area contributed by atoms with Crippen LogP contribution in [-0.2, 0) is 5.41 Å². The van der Waals surface area contributed by atoms with Gasteiger partial charge in [0.1, 0.15) is 0 Å². The predicted molar refractivity (Wildman–Crippen MR) is 73.7 cm³/mol. The van der Waals surface area contributed by atoms with Crippen LogP contribution in [0.3, 0.4) is 0 Å². The Morgan fingerprint density at radius 3 is 2.18 bits per heavy atom. The van der Waals surface area contributed by atoms with Gasteiger partial charge < -0.3 is 21.7 Å². The first kappa shape index (κ1) is 14.1. The summed E-state index contributed by atoms with van der Waals surface area (Å²) < 4.78 is 0. The van der Waals surface area contributed by atoms with Gasteiger partial charge in [0, 0.05) is 23.7 Å². The average Bonchev–Trinajstić information content (AvgIpc) is 2.73. The number of anilines is 1. The topological polar surface area (TPSA) is 92.5 Å². The maximum atomic E-state index is 9.55. The largest absolute Gasteiger partial charge is 0.504 e. The summed E-state index contributed by atoms with van der Waals surface area (Å²) in [6, 6.07) is 2.96. The van der Waals surface area contributed by atoms with Gasteiger partial charge in [-0.3, -0.25) is 0 Å². The van der Waals surface area contributed by atoms with E-state index in [1.165, 1.54) is 6.07 Å². The summed E-state index contributed by atoms with van der Waals surface area (Å²) in [6.07, 6.45) is 4.27. The minimum atomic E-state index is -0.175. The smallest absolute Gasteiger partial charge is 0.159 e. The molecule has 17 heavy (non-hydrogen) atoms. The summed E-state index contributed by atoms with van der Waals surface area (Å²) in [5, 5.41) is 18.9. The van der Waals surface area contributed by atoms with Gasteiger partial charge in [0.05, 0.1) is 0 Å². The molecule has 1 fully saturated rings. The third-order valence-electron chi connectivity index (χ3n) is 3.67. The molecule has 0 bridgehead atoms. The Labute approximate surface area is 111 Å². The highest BCUT2D eigenvalue weighted by Gasteiger charge is 2.36. The Kier molecular flexibility index (Phi) is 4.27. The van der Waals surface area contributed by atoms with Crippen molar-refractivity contribution >= 4 is 22.7 Å². The molecule has 96 valence electrons. The van der Waals surface area contributed by atoms with Crippen LogP contribution in [0.25, 0.3) is 0 Å². The van der Waals surface area contributed by atoms with E-state index in [-0.39, 0.29) is 33.9 Å². The highest BCUT2D eigenvalue weighted by molar-refractivity contribution is 8.93. The van der Waals surface area contributed by atoms with E-state index >= 15 is 0 Å². The zero-order valence-corrected chi connectivity index (χ0v) is 11.4. The number of rotatable bonds is 2. The molecule has 0 atom stereocenters. The number of halogens is 1. The monoisotopic (exact) mass is 302 g/mol. The second kappa shape index (κ2) is 5.14. The zero-order valence-electron chi connectivity index (χ0n) is 9.65. The van der Waals surface area contributed by atoms with Crippen molar-refractivity contribution in [1.82, 2.24) is 0 Å². The third-order valence-corrected chi connectivity index (χ3v) is 3.67. The van der Waals surface area contributed by atoms with Gasteiger partial charge in [-0.1, -0.05) is 12.8 Å². The van der Waals surface area contributed by atoms with Crippen molar-refractivity contribution in [2.24, 2.45) is 5.73 Å². The van der Waals surface area contributed by atoms with E-state index < -0.39 is 0 Å². The normalized spacial score (nSPS) is 17.7. The number of phenols is 2. The van der Waals surface area contributed by atoms with Crippen LogP contribution in [0, 0.1) is 0 Å². The highest BCUT2D eigenvalue weighted by Crippen LogP contribution is 2.45. The molecule has 5 heteroatoms. The Bertz CT molecular complexity index is 404. The maximum absolute atomic E-state index is 9.55. The molecule has 1 aromatic carbocycles. The van der Waals surface area contributed by atoms with Crippen molar-refractivity contribution in [3.63, 3.8) is 0 Å². The van der Waals surface area contributed by atoms with E-state index in [4.69, 9.17) is 11.5 Å². The number of aromatic hydroxyl groups is 2. The average molecular weight is 303 g/mol. The van der Waals surface area contributed by atoms with Gasteiger partial charge in [-0.15, -0.1) is 17.0 Å². The summed E-state index contributed by atoms with van der Waals surface area (Å²) in [6.45, 7) is 0.529. The minimum absolute atomic E-state index is 0. The molecule has 2 rings (SSSR count). The molecule has 0 heterocycles. The van der Waals surface area contributed by atoms with Gasteiger partial charge in [-0.2, -0.15) is 0 Å². The fourth-order valence-corrected chi connectivity index (χ4v) is 2.69. The zero-order chi connectivity index (χ0) is 11.8. The van der Waals surface area contributed by atoms with Crippen molar-refractivity contribution in [3.8, 4) is 11.5 Å². The van der Waals surface area contributed by atoms with Gasteiger partial charge in [0.25, 0.3) is 0 Å². The van der Waals surface area contributed by atoms with Gasteiger partial charge in [-0.05, 0) is 24.5 Å². The van der Waals surface area contributed by atoms with Gasteiger partial charge in [0.15, 0.2) is 11.5 Å². The molecule has 1 aliphatic carbocycles. The summed E-state index contributed by atoms with van der Waals surface area (Å²) in [5.74, 6) is -0.296. The van der Waals surface area contributed by atoms with Gasteiger partial charge in [0.2, 0.25) is 0 Å². The lowest BCUT2D eigenvalue weighted by molar-refractivity contribution is 0.398. The summed E-state index contributed by atoms with van der Waals surface area (Å²) >= 11 is 0.